The summed E-state index contributed by atoms with van der Waals surface area (Å²) in [5.74, 6) is 0.743. The predicted molar refractivity (Wildman–Crippen MR) is 96.7 cm³/mol. The van der Waals surface area contributed by atoms with Crippen LogP contribution in [-0.2, 0) is 4.79 Å². The van der Waals surface area contributed by atoms with Gasteiger partial charge in [-0.15, -0.1) is 11.8 Å². The van der Waals surface area contributed by atoms with Gasteiger partial charge in [0.1, 0.15) is 0 Å². The van der Waals surface area contributed by atoms with E-state index in [1.54, 1.807) is 11.8 Å². The molecule has 6 heteroatoms. The molecule has 1 heterocycles. The number of fused-ring (bicyclic) bond motifs is 1. The summed E-state index contributed by atoms with van der Waals surface area (Å²) in [6, 6.07) is 3.78. The Morgan fingerprint density at radius 1 is 1.26 bits per heavy atom. The van der Waals surface area contributed by atoms with E-state index in [4.69, 9.17) is 0 Å². The monoisotopic (exact) mass is 335 g/mol. The minimum absolute atomic E-state index is 0.106. The highest BCUT2D eigenvalue weighted by Crippen LogP contribution is 2.40. The maximum absolute atomic E-state index is 12.3. The molecule has 126 valence electrons. The summed E-state index contributed by atoms with van der Waals surface area (Å²) in [5.41, 5.74) is 2.27. The molecule has 5 nitrogen and oxygen atoms in total. The van der Waals surface area contributed by atoms with Crippen LogP contribution in [0.4, 0.5) is 11.4 Å². The van der Waals surface area contributed by atoms with Crippen molar-refractivity contribution in [3.63, 3.8) is 0 Å². The Labute approximate surface area is 142 Å². The Bertz CT molecular complexity index is 585. The van der Waals surface area contributed by atoms with Crippen molar-refractivity contribution in [2.24, 2.45) is 0 Å². The zero-order chi connectivity index (χ0) is 16.8. The number of nitrogens with one attached hydrogen (secondary N) is 2. The van der Waals surface area contributed by atoms with Gasteiger partial charge in [0, 0.05) is 42.8 Å². The molecule has 1 aliphatic rings. The molecule has 0 fully saturated rings. The van der Waals surface area contributed by atoms with E-state index < -0.39 is 0 Å². The fourth-order valence-electron chi connectivity index (χ4n) is 2.70. The van der Waals surface area contributed by atoms with Gasteiger partial charge in [0.2, 0.25) is 5.91 Å². The average molecular weight is 335 g/mol. The highest BCUT2D eigenvalue weighted by molar-refractivity contribution is 7.99. The van der Waals surface area contributed by atoms with Gasteiger partial charge in [0.25, 0.3) is 0 Å². The SMILES string of the molecule is CCN(CC)CCNc1ccc(NC(C)=O)c2c1SCCC2=O. The Morgan fingerprint density at radius 2 is 1.96 bits per heavy atom. The lowest BCUT2D eigenvalue weighted by Gasteiger charge is -2.23. The molecule has 0 saturated carbocycles. The first-order chi connectivity index (χ1) is 11.1. The van der Waals surface area contributed by atoms with Crippen LogP contribution in [0.2, 0.25) is 0 Å². The van der Waals surface area contributed by atoms with Crippen molar-refractivity contribution in [1.29, 1.82) is 0 Å². The normalized spacial score (nSPS) is 13.8. The molecule has 23 heavy (non-hydrogen) atoms. The summed E-state index contributed by atoms with van der Waals surface area (Å²) in [4.78, 5) is 27.0. The Hall–Kier alpha value is -1.53. The van der Waals surface area contributed by atoms with E-state index in [2.05, 4.69) is 29.4 Å². The zero-order valence-electron chi connectivity index (χ0n) is 14.1. The van der Waals surface area contributed by atoms with E-state index >= 15 is 0 Å². The average Bonchev–Trinajstić information content (AvgIpc) is 2.53. The summed E-state index contributed by atoms with van der Waals surface area (Å²) >= 11 is 1.68. The quantitative estimate of drug-likeness (QED) is 0.802. The lowest BCUT2D eigenvalue weighted by atomic mass is 10.0. The molecule has 0 spiro atoms. The summed E-state index contributed by atoms with van der Waals surface area (Å²) in [7, 11) is 0. The number of carbonyl (C=O) groups is 2. The predicted octanol–water partition coefficient (Wildman–Crippen LogP) is 3.08. The van der Waals surface area contributed by atoms with Crippen molar-refractivity contribution in [2.45, 2.75) is 32.1 Å². The first kappa shape index (κ1) is 17.8. The largest absolute Gasteiger partial charge is 0.383 e. The number of ketones is 1. The van der Waals surface area contributed by atoms with Crippen LogP contribution in [0.25, 0.3) is 0 Å². The number of hydrogen-bond donors (Lipinski definition) is 2. The smallest absolute Gasteiger partial charge is 0.221 e. The zero-order valence-corrected chi connectivity index (χ0v) is 14.9. The van der Waals surface area contributed by atoms with Gasteiger partial charge in [-0.1, -0.05) is 13.8 Å². The molecular formula is C17H25N3O2S. The van der Waals surface area contributed by atoms with E-state index in [0.29, 0.717) is 17.7 Å². The number of rotatable bonds is 7. The molecule has 1 aliphatic heterocycles. The third kappa shape index (κ3) is 4.48. The second-order valence-corrected chi connectivity index (χ2v) is 6.63. The van der Waals surface area contributed by atoms with Gasteiger partial charge in [-0.3, -0.25) is 9.59 Å². The molecule has 0 aliphatic carbocycles. The number of hydrogen-bond acceptors (Lipinski definition) is 5. The van der Waals surface area contributed by atoms with Crippen molar-refractivity contribution >= 4 is 34.8 Å². The minimum Gasteiger partial charge on any atom is -0.383 e. The molecule has 2 N–H and O–H groups in total. The van der Waals surface area contributed by atoms with Gasteiger partial charge >= 0.3 is 0 Å². The van der Waals surface area contributed by atoms with Crippen LogP contribution in [-0.4, -0.2) is 48.5 Å². The lowest BCUT2D eigenvalue weighted by molar-refractivity contribution is -0.114. The van der Waals surface area contributed by atoms with Crippen molar-refractivity contribution in [3.05, 3.63) is 17.7 Å². The molecule has 1 aromatic carbocycles. The first-order valence-corrected chi connectivity index (χ1v) is 9.12. The van der Waals surface area contributed by atoms with E-state index in [-0.39, 0.29) is 11.7 Å². The number of carbonyl (C=O) groups excluding carboxylic acids is 2. The summed E-state index contributed by atoms with van der Waals surface area (Å²) in [6.45, 7) is 9.64. The number of Topliss-reactive ketones (excluding diaryl/α,β-unsaturated/α-hetero) is 1. The molecule has 0 unspecified atom stereocenters. The van der Waals surface area contributed by atoms with Gasteiger partial charge in [-0.25, -0.2) is 0 Å². The Balaban J connectivity index is 2.19. The number of anilines is 2. The fraction of sp³-hybridized carbons (Fsp3) is 0.529. The van der Waals surface area contributed by atoms with E-state index in [1.165, 1.54) is 6.92 Å². The maximum atomic E-state index is 12.3. The molecular weight excluding hydrogens is 310 g/mol. The van der Waals surface area contributed by atoms with Crippen LogP contribution in [0.1, 0.15) is 37.6 Å². The van der Waals surface area contributed by atoms with Gasteiger partial charge in [0.15, 0.2) is 5.78 Å². The number of benzene rings is 1. The number of nitrogens with zero attached hydrogens (tertiary/aromatic N) is 1. The van der Waals surface area contributed by atoms with E-state index in [1.807, 2.05) is 12.1 Å². The van der Waals surface area contributed by atoms with Gasteiger partial charge < -0.3 is 15.5 Å². The third-order valence-corrected chi connectivity index (χ3v) is 5.08. The molecule has 2 rings (SSSR count). The molecule has 1 aromatic rings. The Morgan fingerprint density at radius 3 is 2.61 bits per heavy atom. The summed E-state index contributed by atoms with van der Waals surface area (Å²) in [6.07, 6.45) is 0.521. The molecule has 1 amide bonds. The van der Waals surface area contributed by atoms with Crippen LogP contribution in [0.15, 0.2) is 17.0 Å². The number of amides is 1. The summed E-state index contributed by atoms with van der Waals surface area (Å²) in [5, 5.41) is 6.22. The first-order valence-electron chi connectivity index (χ1n) is 8.13. The molecule has 0 saturated heterocycles. The number of likely N-dealkylation sites (N-methyl/N-ethyl adjacent to an activating group) is 1. The van der Waals surface area contributed by atoms with Crippen molar-refractivity contribution < 1.29 is 9.59 Å². The van der Waals surface area contributed by atoms with Crippen LogP contribution in [0, 0.1) is 0 Å². The lowest BCUT2D eigenvalue weighted by Crippen LogP contribution is -2.29. The standard InChI is InChI=1S/C17H25N3O2S/c1-4-20(5-2)10-9-18-14-7-6-13(19-12(3)21)16-15(22)8-11-23-17(14)16/h6-7,18H,4-5,8-11H2,1-3H3,(H,19,21). The molecule has 0 bridgehead atoms. The van der Waals surface area contributed by atoms with Gasteiger partial charge in [-0.2, -0.15) is 0 Å². The van der Waals surface area contributed by atoms with Crippen LogP contribution in [0.3, 0.4) is 0 Å². The molecule has 0 radical (unpaired) electrons. The highest BCUT2D eigenvalue weighted by Gasteiger charge is 2.24. The van der Waals surface area contributed by atoms with Crippen molar-refractivity contribution in [1.82, 2.24) is 4.90 Å². The van der Waals surface area contributed by atoms with E-state index in [0.717, 1.165) is 42.5 Å². The summed E-state index contributed by atoms with van der Waals surface area (Å²) < 4.78 is 0. The maximum Gasteiger partial charge on any atom is 0.221 e. The Kier molecular flexibility index (Phi) is 6.47. The van der Waals surface area contributed by atoms with Crippen molar-refractivity contribution in [2.75, 3.05) is 42.6 Å². The van der Waals surface area contributed by atoms with E-state index in [9.17, 15) is 9.59 Å². The van der Waals surface area contributed by atoms with Crippen LogP contribution in [0.5, 0.6) is 0 Å². The second-order valence-electron chi connectivity index (χ2n) is 5.52. The fourth-order valence-corrected chi connectivity index (χ4v) is 3.86. The van der Waals surface area contributed by atoms with Crippen LogP contribution < -0.4 is 10.6 Å². The van der Waals surface area contributed by atoms with Gasteiger partial charge in [0.05, 0.1) is 11.3 Å². The molecule has 0 aromatic heterocycles. The van der Waals surface area contributed by atoms with Crippen molar-refractivity contribution in [3.8, 4) is 0 Å². The highest BCUT2D eigenvalue weighted by atomic mass is 32.2. The third-order valence-electron chi connectivity index (χ3n) is 3.96. The molecule has 0 atom stereocenters. The number of thioether (sulfide) groups is 1. The van der Waals surface area contributed by atoms with Gasteiger partial charge in [-0.05, 0) is 25.2 Å². The van der Waals surface area contributed by atoms with Crippen LogP contribution >= 0.6 is 11.8 Å². The topological polar surface area (TPSA) is 61.4 Å². The second kappa shape index (κ2) is 8.36. The minimum atomic E-state index is -0.155.